The molecule has 0 saturated carbocycles. The van der Waals surface area contributed by atoms with E-state index in [4.69, 9.17) is 4.42 Å². The number of hydrogen-bond acceptors (Lipinski definition) is 1. The molecule has 0 atom stereocenters. The number of benzene rings is 9. The van der Waals surface area contributed by atoms with E-state index in [-0.39, 0.29) is 0 Å². The van der Waals surface area contributed by atoms with Crippen molar-refractivity contribution in [3.63, 3.8) is 0 Å². The Kier molecular flexibility index (Phi) is 6.53. The maximum Gasteiger partial charge on any atom is 0.142 e. The van der Waals surface area contributed by atoms with E-state index in [1.165, 1.54) is 104 Å². The molecule has 0 saturated heterocycles. The molecule has 10 aromatic rings. The molecule has 0 aliphatic heterocycles. The standard InChI is InChI=1S/C54H34O/c1-3-13-33(14-4-1)49-43-18-7-8-19-44(43)50(34-15-5-2-6-16-34)53-47-30-29-39(42-21-12-23-46(51(42)47)52(49)53)37-27-25-36-32-38(28-26-35(36)31-37)40-20-11-22-45-41-17-9-10-24-48(41)55-54(40)45/h1-8,10-16,18-32H,9,17H2. The van der Waals surface area contributed by atoms with Crippen LogP contribution in [0.4, 0.5) is 0 Å². The third-order valence-corrected chi connectivity index (χ3v) is 12.1. The van der Waals surface area contributed by atoms with E-state index in [9.17, 15) is 0 Å². The highest BCUT2D eigenvalue weighted by atomic mass is 16.3. The predicted molar refractivity (Wildman–Crippen MR) is 232 cm³/mol. The van der Waals surface area contributed by atoms with E-state index in [0.29, 0.717) is 0 Å². The van der Waals surface area contributed by atoms with Gasteiger partial charge in [-0.05, 0) is 125 Å². The van der Waals surface area contributed by atoms with E-state index in [2.05, 4.69) is 182 Å². The van der Waals surface area contributed by atoms with Crippen LogP contribution in [0.5, 0.6) is 0 Å². The largest absolute Gasteiger partial charge is 0.456 e. The van der Waals surface area contributed by atoms with Gasteiger partial charge in [-0.25, -0.2) is 0 Å². The van der Waals surface area contributed by atoms with Crippen molar-refractivity contribution in [2.75, 3.05) is 0 Å². The fourth-order valence-corrected chi connectivity index (χ4v) is 9.67. The molecule has 0 bridgehead atoms. The molecule has 0 fully saturated rings. The number of hydrogen-bond donors (Lipinski definition) is 0. The lowest BCUT2D eigenvalue weighted by molar-refractivity contribution is 0.596. The van der Waals surface area contributed by atoms with E-state index in [1.54, 1.807) is 0 Å². The summed E-state index contributed by atoms with van der Waals surface area (Å²) < 4.78 is 6.45. The Hall–Kier alpha value is -6.96. The van der Waals surface area contributed by atoms with Gasteiger partial charge in [0, 0.05) is 16.5 Å². The monoisotopic (exact) mass is 698 g/mol. The van der Waals surface area contributed by atoms with Crippen LogP contribution in [0.2, 0.25) is 0 Å². The number of aryl methyl sites for hydroxylation is 1. The lowest BCUT2D eigenvalue weighted by Crippen LogP contribution is -1.93. The number of fused-ring (bicyclic) bond motifs is 8. The summed E-state index contributed by atoms with van der Waals surface area (Å²) in [5, 5.41) is 8.87. The van der Waals surface area contributed by atoms with Crippen LogP contribution in [-0.4, -0.2) is 0 Å². The molecule has 55 heavy (non-hydrogen) atoms. The van der Waals surface area contributed by atoms with Crippen LogP contribution < -0.4 is 0 Å². The van der Waals surface area contributed by atoms with E-state index in [1.807, 2.05) is 0 Å². The van der Waals surface area contributed by atoms with Crippen molar-refractivity contribution in [2.24, 2.45) is 0 Å². The zero-order valence-corrected chi connectivity index (χ0v) is 30.1. The minimum atomic E-state index is 0.989. The molecule has 1 nitrogen and oxygen atoms in total. The molecule has 12 rings (SSSR count). The van der Waals surface area contributed by atoms with Crippen LogP contribution in [0.15, 0.2) is 180 Å². The highest BCUT2D eigenvalue weighted by Gasteiger charge is 2.31. The van der Waals surface area contributed by atoms with Gasteiger partial charge in [-0.15, -0.1) is 0 Å². The Morgan fingerprint density at radius 3 is 1.60 bits per heavy atom. The first-order chi connectivity index (χ1) is 27.3. The van der Waals surface area contributed by atoms with Crippen molar-refractivity contribution >= 4 is 49.4 Å². The van der Waals surface area contributed by atoms with Gasteiger partial charge in [0.15, 0.2) is 0 Å². The number of para-hydroxylation sites is 1. The van der Waals surface area contributed by atoms with Gasteiger partial charge in [-0.2, -0.15) is 0 Å². The summed E-state index contributed by atoms with van der Waals surface area (Å²) in [6.45, 7) is 0. The first-order valence-corrected chi connectivity index (χ1v) is 19.3. The lowest BCUT2D eigenvalue weighted by atomic mass is 9.82. The van der Waals surface area contributed by atoms with Crippen molar-refractivity contribution in [1.82, 2.24) is 0 Å². The number of furan rings is 1. The third-order valence-electron chi connectivity index (χ3n) is 12.1. The Labute approximate surface area is 319 Å². The molecule has 2 aliphatic carbocycles. The summed E-state index contributed by atoms with van der Waals surface area (Å²) in [5.74, 6) is 1.01. The smallest absolute Gasteiger partial charge is 0.142 e. The first kappa shape index (κ1) is 30.5. The molecule has 2 aliphatic rings. The lowest BCUT2D eigenvalue weighted by Gasteiger charge is -2.20. The van der Waals surface area contributed by atoms with Gasteiger partial charge in [0.05, 0.1) is 0 Å². The van der Waals surface area contributed by atoms with Crippen molar-refractivity contribution < 1.29 is 4.42 Å². The molecule has 0 unspecified atom stereocenters. The maximum atomic E-state index is 6.45. The fourth-order valence-electron chi connectivity index (χ4n) is 9.67. The summed E-state index contributed by atoms with van der Waals surface area (Å²) in [4.78, 5) is 0. The SMILES string of the molecule is C1=Cc2oc3c(-c4ccc5cc(-c6ccc7c8c(cccc68)-c6c-7c(-c7ccccc7)c7ccccc7c6-c6ccccc6)ccc5c4)cccc3c2CC1. The first-order valence-electron chi connectivity index (χ1n) is 19.3. The van der Waals surface area contributed by atoms with Gasteiger partial charge >= 0.3 is 0 Å². The minimum Gasteiger partial charge on any atom is -0.456 e. The number of allylic oxidation sites excluding steroid dienone is 1. The summed E-state index contributed by atoms with van der Waals surface area (Å²) >= 11 is 0. The Morgan fingerprint density at radius 2 is 0.927 bits per heavy atom. The maximum absolute atomic E-state index is 6.45. The Morgan fingerprint density at radius 1 is 0.382 bits per heavy atom. The van der Waals surface area contributed by atoms with E-state index < -0.39 is 0 Å². The zero-order chi connectivity index (χ0) is 36.0. The second-order valence-corrected chi connectivity index (χ2v) is 15.0. The normalized spacial score (nSPS) is 12.9. The van der Waals surface area contributed by atoms with Gasteiger partial charge in [0.1, 0.15) is 11.3 Å². The van der Waals surface area contributed by atoms with Crippen LogP contribution in [0, 0.1) is 0 Å². The predicted octanol–water partition coefficient (Wildman–Crippen LogP) is 15.2. The highest BCUT2D eigenvalue weighted by molar-refractivity contribution is 6.28. The summed E-state index contributed by atoms with van der Waals surface area (Å²) in [5.41, 5.74) is 17.5. The minimum absolute atomic E-state index is 0.989. The van der Waals surface area contributed by atoms with Crippen molar-refractivity contribution in [3.05, 3.63) is 187 Å². The topological polar surface area (TPSA) is 13.1 Å². The van der Waals surface area contributed by atoms with Crippen molar-refractivity contribution in [2.45, 2.75) is 12.8 Å². The summed E-state index contributed by atoms with van der Waals surface area (Å²) in [6, 6.07) is 62.9. The number of rotatable bonds is 4. The quantitative estimate of drug-likeness (QED) is 0.178. The van der Waals surface area contributed by atoms with E-state index in [0.717, 1.165) is 29.7 Å². The van der Waals surface area contributed by atoms with Gasteiger partial charge in [-0.1, -0.05) is 164 Å². The second kappa shape index (κ2) is 11.8. The van der Waals surface area contributed by atoms with Crippen molar-refractivity contribution in [3.8, 4) is 66.8 Å². The molecular formula is C54H34O. The van der Waals surface area contributed by atoms with Crippen LogP contribution in [-0.2, 0) is 6.42 Å². The molecule has 0 spiro atoms. The second-order valence-electron chi connectivity index (χ2n) is 15.0. The van der Waals surface area contributed by atoms with Crippen LogP contribution in [0.3, 0.4) is 0 Å². The van der Waals surface area contributed by atoms with Gasteiger partial charge in [0.2, 0.25) is 0 Å². The Bertz CT molecular complexity index is 3140. The molecular weight excluding hydrogens is 665 g/mol. The Balaban J connectivity index is 1.05. The molecule has 0 N–H and O–H groups in total. The van der Waals surface area contributed by atoms with Gasteiger partial charge in [-0.3, -0.25) is 0 Å². The molecule has 1 heterocycles. The molecule has 256 valence electrons. The fraction of sp³-hybridized carbons (Fsp3) is 0.0370. The van der Waals surface area contributed by atoms with Gasteiger partial charge < -0.3 is 4.42 Å². The van der Waals surface area contributed by atoms with E-state index >= 15 is 0 Å². The molecule has 1 aromatic heterocycles. The summed E-state index contributed by atoms with van der Waals surface area (Å²) in [6.07, 6.45) is 6.45. The van der Waals surface area contributed by atoms with Crippen LogP contribution in [0.25, 0.3) is 116 Å². The van der Waals surface area contributed by atoms with Crippen molar-refractivity contribution in [1.29, 1.82) is 0 Å². The molecule has 0 amide bonds. The molecule has 0 radical (unpaired) electrons. The third kappa shape index (κ3) is 4.47. The molecule has 9 aromatic carbocycles. The van der Waals surface area contributed by atoms with Gasteiger partial charge in [0.25, 0.3) is 0 Å². The average molecular weight is 699 g/mol. The van der Waals surface area contributed by atoms with Crippen LogP contribution in [0.1, 0.15) is 17.7 Å². The van der Waals surface area contributed by atoms with Crippen LogP contribution >= 0.6 is 0 Å². The average Bonchev–Trinajstić information content (AvgIpc) is 3.80. The zero-order valence-electron chi connectivity index (χ0n) is 30.1. The molecule has 1 heteroatoms. The summed E-state index contributed by atoms with van der Waals surface area (Å²) in [7, 11) is 0. The highest BCUT2D eigenvalue weighted by Crippen LogP contribution is 2.58.